The largest absolute Gasteiger partial charge is 0.373 e. The smallest absolute Gasteiger partial charge is 0.239 e. The summed E-state index contributed by atoms with van der Waals surface area (Å²) in [6, 6.07) is 0. The van der Waals surface area contributed by atoms with E-state index in [1.165, 1.54) is 0 Å². The van der Waals surface area contributed by atoms with Crippen LogP contribution in [0.4, 0.5) is 11.8 Å². The number of hydrogen-bond donors (Lipinski definition) is 3. The third-order valence-corrected chi connectivity index (χ3v) is 1.34. The Morgan fingerprint density at radius 1 is 1.55 bits per heavy atom. The van der Waals surface area contributed by atoms with Crippen molar-refractivity contribution in [2.75, 3.05) is 17.8 Å². The zero-order valence-electron chi connectivity index (χ0n) is 6.55. The molecule has 1 aromatic heterocycles. The van der Waals surface area contributed by atoms with Crippen molar-refractivity contribution in [1.82, 2.24) is 9.97 Å². The van der Waals surface area contributed by atoms with Gasteiger partial charge in [0, 0.05) is 18.8 Å². The minimum Gasteiger partial charge on any atom is -0.373 e. The fraction of sp³-hybridized carbons (Fsp3) is 0.333. The van der Waals surface area contributed by atoms with Crippen molar-refractivity contribution < 1.29 is 0 Å². The van der Waals surface area contributed by atoms with Gasteiger partial charge in [0.15, 0.2) is 0 Å². The van der Waals surface area contributed by atoms with Crippen LogP contribution in [0.3, 0.4) is 0 Å². The molecule has 4 N–H and O–H groups in total. The molecule has 0 saturated carbocycles. The van der Waals surface area contributed by atoms with Crippen molar-refractivity contribution in [3.8, 4) is 0 Å². The third-order valence-electron chi connectivity index (χ3n) is 1.34. The number of aryl methyl sites for hydroxylation is 1. The van der Waals surface area contributed by atoms with Crippen LogP contribution < -0.4 is 16.6 Å². The third kappa shape index (κ3) is 1.56. The molecule has 60 valence electrons. The number of nitrogens with one attached hydrogen (secondary N) is 2. The lowest BCUT2D eigenvalue weighted by molar-refractivity contribution is 1.09. The molecule has 1 aromatic rings. The number of anilines is 2. The molecule has 0 radical (unpaired) electrons. The molecule has 5 nitrogen and oxygen atoms in total. The van der Waals surface area contributed by atoms with Crippen LogP contribution >= 0.6 is 0 Å². The number of nitrogens with two attached hydrogens (primary N) is 1. The molecule has 0 saturated heterocycles. The fourth-order valence-electron chi connectivity index (χ4n) is 0.765. The summed E-state index contributed by atoms with van der Waals surface area (Å²) in [6.45, 7) is 1.92. The Hall–Kier alpha value is -1.36. The summed E-state index contributed by atoms with van der Waals surface area (Å²) in [7, 11) is 1.80. The zero-order chi connectivity index (χ0) is 8.27. The van der Waals surface area contributed by atoms with Gasteiger partial charge in [0.2, 0.25) is 5.95 Å². The summed E-state index contributed by atoms with van der Waals surface area (Å²) < 4.78 is 0. The second kappa shape index (κ2) is 3.16. The van der Waals surface area contributed by atoms with Crippen LogP contribution in [-0.4, -0.2) is 17.0 Å². The van der Waals surface area contributed by atoms with Crippen LogP contribution in [0.1, 0.15) is 5.56 Å². The Bertz CT molecular complexity index is 247. The first-order chi connectivity index (χ1) is 5.27. The first kappa shape index (κ1) is 7.74. The highest BCUT2D eigenvalue weighted by Gasteiger charge is 1.98. The number of hydrazine groups is 1. The monoisotopic (exact) mass is 153 g/mol. The molecule has 1 rings (SSSR count). The second-order valence-electron chi connectivity index (χ2n) is 2.12. The van der Waals surface area contributed by atoms with Gasteiger partial charge in [-0.25, -0.2) is 10.8 Å². The molecule has 0 unspecified atom stereocenters. The van der Waals surface area contributed by atoms with Crippen LogP contribution in [-0.2, 0) is 0 Å². The van der Waals surface area contributed by atoms with Gasteiger partial charge in [-0.1, -0.05) is 0 Å². The maximum Gasteiger partial charge on any atom is 0.239 e. The molecule has 0 atom stereocenters. The molecule has 0 aliphatic heterocycles. The van der Waals surface area contributed by atoms with Crippen LogP contribution in [0.25, 0.3) is 0 Å². The molecule has 0 spiro atoms. The first-order valence-corrected chi connectivity index (χ1v) is 3.26. The topological polar surface area (TPSA) is 75.9 Å². The molecule has 0 fully saturated rings. The number of rotatable bonds is 2. The van der Waals surface area contributed by atoms with E-state index in [2.05, 4.69) is 20.7 Å². The summed E-state index contributed by atoms with van der Waals surface area (Å²) in [6.07, 6.45) is 1.70. The zero-order valence-corrected chi connectivity index (χ0v) is 6.55. The molecule has 0 aliphatic carbocycles. The summed E-state index contributed by atoms with van der Waals surface area (Å²) in [4.78, 5) is 7.97. The van der Waals surface area contributed by atoms with E-state index >= 15 is 0 Å². The van der Waals surface area contributed by atoms with E-state index in [0.717, 1.165) is 11.4 Å². The summed E-state index contributed by atoms with van der Waals surface area (Å²) in [5.74, 6) is 6.32. The summed E-state index contributed by atoms with van der Waals surface area (Å²) >= 11 is 0. The molecule has 1 heterocycles. The van der Waals surface area contributed by atoms with E-state index in [0.29, 0.717) is 5.95 Å². The predicted molar refractivity (Wildman–Crippen MR) is 44.1 cm³/mol. The lowest BCUT2D eigenvalue weighted by Crippen LogP contribution is -2.11. The SMILES string of the molecule is CNc1nc(NN)ncc1C. The summed E-state index contributed by atoms with van der Waals surface area (Å²) in [5.41, 5.74) is 3.36. The van der Waals surface area contributed by atoms with E-state index in [9.17, 15) is 0 Å². The molecule has 0 aromatic carbocycles. The quantitative estimate of drug-likeness (QED) is 0.415. The number of aromatic nitrogens is 2. The lowest BCUT2D eigenvalue weighted by Gasteiger charge is -2.04. The van der Waals surface area contributed by atoms with Crippen molar-refractivity contribution >= 4 is 11.8 Å². The number of nitrogen functional groups attached to an aromatic ring is 1. The molecule has 0 bridgehead atoms. The van der Waals surface area contributed by atoms with E-state index in [4.69, 9.17) is 5.84 Å². The van der Waals surface area contributed by atoms with Gasteiger partial charge in [0.1, 0.15) is 5.82 Å². The van der Waals surface area contributed by atoms with Crippen molar-refractivity contribution in [3.63, 3.8) is 0 Å². The van der Waals surface area contributed by atoms with Gasteiger partial charge in [0.25, 0.3) is 0 Å². The van der Waals surface area contributed by atoms with Crippen LogP contribution in [0.2, 0.25) is 0 Å². The summed E-state index contributed by atoms with van der Waals surface area (Å²) in [5, 5.41) is 2.92. The van der Waals surface area contributed by atoms with E-state index in [-0.39, 0.29) is 0 Å². The Labute approximate surface area is 65.0 Å². The van der Waals surface area contributed by atoms with Crippen molar-refractivity contribution in [2.45, 2.75) is 6.92 Å². The molecular weight excluding hydrogens is 142 g/mol. The fourth-order valence-corrected chi connectivity index (χ4v) is 0.765. The number of hydrogen-bond acceptors (Lipinski definition) is 5. The highest BCUT2D eigenvalue weighted by atomic mass is 15.3. The van der Waals surface area contributed by atoms with Gasteiger partial charge in [0.05, 0.1) is 0 Å². The lowest BCUT2D eigenvalue weighted by atomic mass is 10.3. The normalized spacial score (nSPS) is 9.36. The average molecular weight is 153 g/mol. The second-order valence-corrected chi connectivity index (χ2v) is 2.12. The van der Waals surface area contributed by atoms with Crippen molar-refractivity contribution in [2.24, 2.45) is 5.84 Å². The van der Waals surface area contributed by atoms with Gasteiger partial charge >= 0.3 is 0 Å². The van der Waals surface area contributed by atoms with E-state index in [1.54, 1.807) is 13.2 Å². The van der Waals surface area contributed by atoms with Gasteiger partial charge in [-0.05, 0) is 6.92 Å². The van der Waals surface area contributed by atoms with Crippen LogP contribution in [0.5, 0.6) is 0 Å². The van der Waals surface area contributed by atoms with Crippen molar-refractivity contribution in [3.05, 3.63) is 11.8 Å². The Morgan fingerprint density at radius 3 is 2.82 bits per heavy atom. The van der Waals surface area contributed by atoms with Gasteiger partial charge in [-0.2, -0.15) is 4.98 Å². The Morgan fingerprint density at radius 2 is 2.27 bits per heavy atom. The van der Waals surface area contributed by atoms with E-state index < -0.39 is 0 Å². The van der Waals surface area contributed by atoms with Crippen LogP contribution in [0.15, 0.2) is 6.20 Å². The highest BCUT2D eigenvalue weighted by molar-refractivity contribution is 5.45. The average Bonchev–Trinajstić information content (AvgIpc) is 2.05. The van der Waals surface area contributed by atoms with Gasteiger partial charge < -0.3 is 5.32 Å². The van der Waals surface area contributed by atoms with Crippen molar-refractivity contribution in [1.29, 1.82) is 0 Å². The highest BCUT2D eigenvalue weighted by Crippen LogP contribution is 2.09. The molecule has 5 heteroatoms. The maximum absolute atomic E-state index is 5.12. The molecule has 0 amide bonds. The van der Waals surface area contributed by atoms with Gasteiger partial charge in [-0.15, -0.1) is 0 Å². The van der Waals surface area contributed by atoms with Gasteiger partial charge in [-0.3, -0.25) is 5.43 Å². The minimum atomic E-state index is 0.417. The molecule has 0 aliphatic rings. The maximum atomic E-state index is 5.12. The Kier molecular flexibility index (Phi) is 2.22. The van der Waals surface area contributed by atoms with Crippen LogP contribution in [0, 0.1) is 6.92 Å². The van der Waals surface area contributed by atoms with E-state index in [1.807, 2.05) is 6.92 Å². The predicted octanol–water partition coefficient (Wildman–Crippen LogP) is 0.112. The first-order valence-electron chi connectivity index (χ1n) is 3.26. The minimum absolute atomic E-state index is 0.417. The standard InChI is InChI=1S/C6H11N5/c1-4-3-9-6(11-7)10-5(4)8-2/h3H,7H2,1-2H3,(H2,8,9,10,11). The molecular formula is C6H11N5. The number of nitrogens with zero attached hydrogens (tertiary/aromatic N) is 2. The Balaban J connectivity index is 3.02. The molecule has 11 heavy (non-hydrogen) atoms.